The molecule has 0 aliphatic heterocycles. The number of imidazole rings is 1. The van der Waals surface area contributed by atoms with E-state index in [0.29, 0.717) is 5.41 Å². The Hall–Kier alpha value is -1.51. The molecule has 0 radical (unpaired) electrons. The highest BCUT2D eigenvalue weighted by Crippen LogP contribution is 2.31. The Labute approximate surface area is 128 Å². The van der Waals surface area contributed by atoms with E-state index in [4.69, 9.17) is 4.98 Å². The van der Waals surface area contributed by atoms with Crippen molar-refractivity contribution in [2.24, 2.45) is 5.41 Å². The smallest absolute Gasteiger partial charge is 0.138 e. The maximum Gasteiger partial charge on any atom is 0.138 e. The summed E-state index contributed by atoms with van der Waals surface area (Å²) in [6.07, 6.45) is 4.20. The van der Waals surface area contributed by atoms with Crippen LogP contribution in [0.4, 0.5) is 5.82 Å². The second kappa shape index (κ2) is 5.36. The van der Waals surface area contributed by atoms with E-state index in [1.165, 1.54) is 5.56 Å². The van der Waals surface area contributed by atoms with Gasteiger partial charge in [0.05, 0.1) is 5.69 Å². The number of aryl methyl sites for hydroxylation is 2. The van der Waals surface area contributed by atoms with Crippen molar-refractivity contribution in [1.82, 2.24) is 9.38 Å². The fourth-order valence-corrected chi connectivity index (χ4v) is 3.27. The Bertz CT molecular complexity index is 630. The topological polar surface area (TPSA) is 29.3 Å². The van der Waals surface area contributed by atoms with Crippen molar-refractivity contribution in [2.45, 2.75) is 66.8 Å². The van der Waals surface area contributed by atoms with Crippen LogP contribution in [0.1, 0.15) is 59.2 Å². The van der Waals surface area contributed by atoms with Gasteiger partial charge in [0.15, 0.2) is 0 Å². The van der Waals surface area contributed by atoms with Crippen LogP contribution in [0.15, 0.2) is 18.3 Å². The van der Waals surface area contributed by atoms with Crippen molar-refractivity contribution in [3.05, 3.63) is 29.6 Å². The van der Waals surface area contributed by atoms with E-state index < -0.39 is 0 Å². The number of nitrogens with one attached hydrogen (secondary N) is 1. The summed E-state index contributed by atoms with van der Waals surface area (Å²) < 4.78 is 2.19. The molecule has 0 bridgehead atoms. The van der Waals surface area contributed by atoms with E-state index in [1.807, 2.05) is 0 Å². The first-order valence-corrected chi connectivity index (χ1v) is 7.87. The molecular formula is C18H29N3. The van der Waals surface area contributed by atoms with Crippen LogP contribution in [0.5, 0.6) is 0 Å². The van der Waals surface area contributed by atoms with Crippen LogP contribution in [-0.2, 0) is 6.42 Å². The van der Waals surface area contributed by atoms with Gasteiger partial charge in [0.25, 0.3) is 0 Å². The summed E-state index contributed by atoms with van der Waals surface area (Å²) in [6, 6.07) is 4.21. The zero-order valence-corrected chi connectivity index (χ0v) is 14.5. The Kier molecular flexibility index (Phi) is 4.05. The number of anilines is 1. The van der Waals surface area contributed by atoms with Crippen LogP contribution < -0.4 is 5.32 Å². The van der Waals surface area contributed by atoms with Gasteiger partial charge in [0, 0.05) is 11.7 Å². The van der Waals surface area contributed by atoms with Gasteiger partial charge in [0.1, 0.15) is 11.5 Å². The van der Waals surface area contributed by atoms with E-state index >= 15 is 0 Å². The molecule has 0 saturated carbocycles. The average molecular weight is 287 g/mol. The highest BCUT2D eigenvalue weighted by atomic mass is 15.2. The summed E-state index contributed by atoms with van der Waals surface area (Å²) in [4.78, 5) is 4.75. The molecule has 0 atom stereocenters. The lowest BCUT2D eigenvalue weighted by atomic mass is 9.82. The van der Waals surface area contributed by atoms with Gasteiger partial charge >= 0.3 is 0 Å². The third-order valence-electron chi connectivity index (χ3n) is 3.60. The van der Waals surface area contributed by atoms with Crippen molar-refractivity contribution in [2.75, 3.05) is 5.32 Å². The lowest BCUT2D eigenvalue weighted by molar-refractivity contribution is 0.302. The molecule has 3 nitrogen and oxygen atoms in total. The van der Waals surface area contributed by atoms with Crippen LogP contribution >= 0.6 is 0 Å². The molecule has 0 saturated heterocycles. The fraction of sp³-hybridized carbons (Fsp3) is 0.611. The Balaban J connectivity index is 2.43. The molecule has 21 heavy (non-hydrogen) atoms. The minimum Gasteiger partial charge on any atom is -0.365 e. The van der Waals surface area contributed by atoms with E-state index in [1.54, 1.807) is 0 Å². The molecule has 2 rings (SSSR count). The number of fused-ring (bicyclic) bond motifs is 1. The number of hydrogen-bond acceptors (Lipinski definition) is 2. The van der Waals surface area contributed by atoms with Gasteiger partial charge in [-0.05, 0) is 50.7 Å². The van der Waals surface area contributed by atoms with E-state index in [2.05, 4.69) is 76.5 Å². The number of pyridine rings is 1. The molecule has 0 amide bonds. The summed E-state index contributed by atoms with van der Waals surface area (Å²) in [5.74, 6) is 1.14. The molecule has 0 fully saturated rings. The van der Waals surface area contributed by atoms with E-state index in [9.17, 15) is 0 Å². The molecule has 0 aromatic carbocycles. The van der Waals surface area contributed by atoms with Crippen LogP contribution in [0.25, 0.3) is 5.65 Å². The summed E-state index contributed by atoms with van der Waals surface area (Å²) >= 11 is 0. The van der Waals surface area contributed by atoms with Crippen LogP contribution in [0, 0.1) is 12.3 Å². The van der Waals surface area contributed by atoms with Gasteiger partial charge in [-0.1, -0.05) is 33.8 Å². The first-order valence-electron chi connectivity index (χ1n) is 7.87. The van der Waals surface area contributed by atoms with Gasteiger partial charge in [-0.3, -0.25) is 4.40 Å². The Morgan fingerprint density at radius 1 is 1.14 bits per heavy atom. The van der Waals surface area contributed by atoms with Gasteiger partial charge in [-0.25, -0.2) is 4.98 Å². The highest BCUT2D eigenvalue weighted by molar-refractivity contribution is 5.57. The maximum atomic E-state index is 4.75. The predicted molar refractivity (Wildman–Crippen MR) is 91.1 cm³/mol. The van der Waals surface area contributed by atoms with Crippen molar-refractivity contribution >= 4 is 11.5 Å². The van der Waals surface area contributed by atoms with Crippen molar-refractivity contribution in [1.29, 1.82) is 0 Å². The van der Waals surface area contributed by atoms with Crippen molar-refractivity contribution in [3.8, 4) is 0 Å². The van der Waals surface area contributed by atoms with Gasteiger partial charge < -0.3 is 5.32 Å². The second-order valence-electron chi connectivity index (χ2n) is 7.94. The molecule has 0 spiro atoms. The quantitative estimate of drug-likeness (QED) is 0.872. The third kappa shape index (κ3) is 3.78. The van der Waals surface area contributed by atoms with Crippen molar-refractivity contribution < 1.29 is 0 Å². The SMILES string of the molecule is CCc1nc2ccc(C)cn2c1NC(C)(C)CC(C)(C)C. The van der Waals surface area contributed by atoms with E-state index in [-0.39, 0.29) is 5.54 Å². The first-order chi connectivity index (χ1) is 9.61. The molecule has 1 N–H and O–H groups in total. The molecule has 2 aromatic rings. The Morgan fingerprint density at radius 3 is 2.38 bits per heavy atom. The van der Waals surface area contributed by atoms with Crippen LogP contribution in [0.3, 0.4) is 0 Å². The fourth-order valence-electron chi connectivity index (χ4n) is 3.27. The number of rotatable bonds is 4. The van der Waals surface area contributed by atoms with E-state index in [0.717, 1.165) is 30.0 Å². The molecular weight excluding hydrogens is 258 g/mol. The largest absolute Gasteiger partial charge is 0.365 e. The molecule has 0 unspecified atom stereocenters. The molecule has 0 aliphatic carbocycles. The molecule has 2 heterocycles. The van der Waals surface area contributed by atoms with Gasteiger partial charge in [-0.2, -0.15) is 0 Å². The number of hydrogen-bond donors (Lipinski definition) is 1. The van der Waals surface area contributed by atoms with Crippen LogP contribution in [-0.4, -0.2) is 14.9 Å². The minimum atomic E-state index is 0.0296. The molecule has 0 aliphatic rings. The third-order valence-corrected chi connectivity index (χ3v) is 3.60. The van der Waals surface area contributed by atoms with Crippen LogP contribution in [0.2, 0.25) is 0 Å². The number of nitrogens with zero attached hydrogens (tertiary/aromatic N) is 2. The zero-order valence-electron chi connectivity index (χ0n) is 14.5. The summed E-state index contributed by atoms with van der Waals surface area (Å²) in [5, 5.41) is 3.75. The standard InChI is InChI=1S/C18H29N3/c1-8-14-16(20-18(6,7)12-17(3,4)5)21-11-13(2)9-10-15(21)19-14/h9-11,20H,8,12H2,1-7H3. The lowest BCUT2D eigenvalue weighted by Gasteiger charge is -2.34. The minimum absolute atomic E-state index is 0.0296. The normalized spacial score (nSPS) is 12.9. The number of aromatic nitrogens is 2. The monoisotopic (exact) mass is 287 g/mol. The lowest BCUT2D eigenvalue weighted by Crippen LogP contribution is -2.36. The Morgan fingerprint density at radius 2 is 1.81 bits per heavy atom. The second-order valence-corrected chi connectivity index (χ2v) is 7.94. The molecule has 3 heteroatoms. The van der Waals surface area contributed by atoms with Gasteiger partial charge in [-0.15, -0.1) is 0 Å². The zero-order chi connectivity index (χ0) is 15.8. The van der Waals surface area contributed by atoms with Gasteiger partial charge in [0.2, 0.25) is 0 Å². The average Bonchev–Trinajstić information content (AvgIpc) is 2.63. The maximum absolute atomic E-state index is 4.75. The summed E-state index contributed by atoms with van der Waals surface area (Å²) in [7, 11) is 0. The summed E-state index contributed by atoms with van der Waals surface area (Å²) in [6.45, 7) is 15.7. The highest BCUT2D eigenvalue weighted by Gasteiger charge is 2.27. The molecule has 116 valence electrons. The molecule has 2 aromatic heterocycles. The predicted octanol–water partition coefficient (Wildman–Crippen LogP) is 4.83. The first kappa shape index (κ1) is 15.9. The van der Waals surface area contributed by atoms with Crippen molar-refractivity contribution in [3.63, 3.8) is 0 Å². The summed E-state index contributed by atoms with van der Waals surface area (Å²) in [5.41, 5.74) is 3.73.